The van der Waals surface area contributed by atoms with Crippen LogP contribution < -0.4 is 5.32 Å². The molecule has 2 nitrogen and oxygen atoms in total. The van der Waals surface area contributed by atoms with Gasteiger partial charge in [0.15, 0.2) is 0 Å². The van der Waals surface area contributed by atoms with Crippen LogP contribution in [0.15, 0.2) is 36.4 Å². The van der Waals surface area contributed by atoms with Crippen molar-refractivity contribution in [1.29, 1.82) is 0 Å². The molecule has 2 heterocycles. The van der Waals surface area contributed by atoms with Gasteiger partial charge in [-0.15, -0.1) is 11.3 Å². The molecule has 16 heavy (non-hydrogen) atoms. The summed E-state index contributed by atoms with van der Waals surface area (Å²) in [5.41, 5.74) is 2.05. The first-order valence-corrected chi connectivity index (χ1v) is 6.12. The largest absolute Gasteiger partial charge is 0.352 e. The smallest absolute Gasteiger partial charge is 0.252 e. The minimum Gasteiger partial charge on any atom is -0.352 e. The number of nitrogens with one attached hydrogen (secondary N) is 1. The van der Waals surface area contributed by atoms with Gasteiger partial charge in [-0.2, -0.15) is 0 Å². The van der Waals surface area contributed by atoms with Crippen LogP contribution in [0.25, 0.3) is 10.4 Å². The maximum absolute atomic E-state index is 11.6. The Morgan fingerprint density at radius 2 is 2.00 bits per heavy atom. The molecule has 1 aromatic carbocycles. The summed E-state index contributed by atoms with van der Waals surface area (Å²) in [5, 5.41) is 2.87. The number of benzene rings is 1. The van der Waals surface area contributed by atoms with E-state index < -0.39 is 0 Å². The monoisotopic (exact) mass is 229 g/mol. The first-order chi connectivity index (χ1) is 7.84. The Bertz CT molecular complexity index is 530. The lowest BCUT2D eigenvalue weighted by molar-refractivity contribution is 0.0947. The van der Waals surface area contributed by atoms with Crippen LogP contribution >= 0.6 is 11.3 Å². The van der Waals surface area contributed by atoms with E-state index in [1.54, 1.807) is 11.3 Å². The molecular formula is C13H11NOS. The van der Waals surface area contributed by atoms with Crippen molar-refractivity contribution in [2.45, 2.75) is 6.42 Å². The quantitative estimate of drug-likeness (QED) is 0.800. The number of rotatable bonds is 1. The number of amides is 1. The second kappa shape index (κ2) is 3.76. The Morgan fingerprint density at radius 3 is 2.75 bits per heavy atom. The number of carbonyl (C=O) groups is 1. The van der Waals surface area contributed by atoms with Crippen molar-refractivity contribution in [2.75, 3.05) is 6.54 Å². The first-order valence-electron chi connectivity index (χ1n) is 5.31. The van der Waals surface area contributed by atoms with Crippen molar-refractivity contribution in [2.24, 2.45) is 0 Å². The van der Waals surface area contributed by atoms with E-state index in [4.69, 9.17) is 0 Å². The fourth-order valence-corrected chi connectivity index (χ4v) is 3.10. The van der Waals surface area contributed by atoms with E-state index in [1.807, 2.05) is 24.3 Å². The minimum absolute atomic E-state index is 0.0691. The zero-order valence-electron chi connectivity index (χ0n) is 8.69. The lowest BCUT2D eigenvalue weighted by Gasteiger charge is -2.10. The summed E-state index contributed by atoms with van der Waals surface area (Å²) in [6.45, 7) is 0.764. The summed E-state index contributed by atoms with van der Waals surface area (Å²) < 4.78 is 0. The Kier molecular flexibility index (Phi) is 2.26. The Morgan fingerprint density at radius 1 is 1.19 bits per heavy atom. The van der Waals surface area contributed by atoms with Gasteiger partial charge in [0.1, 0.15) is 0 Å². The Hall–Kier alpha value is -1.61. The van der Waals surface area contributed by atoms with Gasteiger partial charge in [-0.05, 0) is 18.1 Å². The maximum Gasteiger partial charge on any atom is 0.252 e. The Labute approximate surface area is 97.9 Å². The van der Waals surface area contributed by atoms with E-state index in [0.717, 1.165) is 18.5 Å². The first kappa shape index (κ1) is 9.60. The average molecular weight is 229 g/mol. The van der Waals surface area contributed by atoms with Gasteiger partial charge in [0.25, 0.3) is 5.91 Å². The molecule has 1 aliphatic rings. The van der Waals surface area contributed by atoms with Crippen LogP contribution in [0.3, 0.4) is 0 Å². The summed E-state index contributed by atoms with van der Waals surface area (Å²) in [5.74, 6) is 0.0691. The molecule has 0 atom stereocenters. The van der Waals surface area contributed by atoms with Gasteiger partial charge in [0.2, 0.25) is 0 Å². The van der Waals surface area contributed by atoms with Crippen LogP contribution in [0.4, 0.5) is 0 Å². The molecule has 2 aromatic rings. The van der Waals surface area contributed by atoms with Crippen molar-refractivity contribution in [1.82, 2.24) is 5.32 Å². The summed E-state index contributed by atoms with van der Waals surface area (Å²) in [4.78, 5) is 14.0. The van der Waals surface area contributed by atoms with Gasteiger partial charge < -0.3 is 5.32 Å². The van der Waals surface area contributed by atoms with Crippen LogP contribution in [0.2, 0.25) is 0 Å². The molecule has 0 saturated carbocycles. The highest BCUT2D eigenvalue weighted by molar-refractivity contribution is 7.15. The van der Waals surface area contributed by atoms with E-state index in [9.17, 15) is 4.79 Å². The number of thiophene rings is 1. The van der Waals surface area contributed by atoms with Gasteiger partial charge in [-0.25, -0.2) is 0 Å². The molecule has 0 aliphatic carbocycles. The SMILES string of the molecule is O=C1NCCc2sc(-c3ccccc3)cc21. The molecule has 1 aliphatic heterocycles. The molecule has 3 rings (SSSR count). The second-order valence-corrected chi connectivity index (χ2v) is 4.96. The summed E-state index contributed by atoms with van der Waals surface area (Å²) >= 11 is 1.73. The molecule has 1 aromatic heterocycles. The van der Waals surface area contributed by atoms with Gasteiger partial charge in [0.05, 0.1) is 5.56 Å². The predicted molar refractivity (Wildman–Crippen MR) is 65.8 cm³/mol. The van der Waals surface area contributed by atoms with Crippen LogP contribution in [0.1, 0.15) is 15.2 Å². The van der Waals surface area contributed by atoms with Crippen molar-refractivity contribution in [3.63, 3.8) is 0 Å². The topological polar surface area (TPSA) is 29.1 Å². The van der Waals surface area contributed by atoms with Gasteiger partial charge in [-0.3, -0.25) is 4.79 Å². The molecule has 0 radical (unpaired) electrons. The van der Waals surface area contributed by atoms with Gasteiger partial charge in [-0.1, -0.05) is 30.3 Å². The van der Waals surface area contributed by atoms with E-state index >= 15 is 0 Å². The van der Waals surface area contributed by atoms with E-state index in [1.165, 1.54) is 15.3 Å². The highest BCUT2D eigenvalue weighted by atomic mass is 32.1. The van der Waals surface area contributed by atoms with E-state index in [2.05, 4.69) is 17.4 Å². The predicted octanol–water partition coefficient (Wildman–Crippen LogP) is 2.70. The molecule has 1 amide bonds. The van der Waals surface area contributed by atoms with Crippen molar-refractivity contribution >= 4 is 17.2 Å². The lowest BCUT2D eigenvalue weighted by atomic mass is 10.1. The number of carbonyl (C=O) groups excluding carboxylic acids is 1. The van der Waals surface area contributed by atoms with Crippen LogP contribution in [0, 0.1) is 0 Å². The third-order valence-corrected chi connectivity index (χ3v) is 3.99. The minimum atomic E-state index is 0.0691. The third kappa shape index (κ3) is 1.53. The fourth-order valence-electron chi connectivity index (χ4n) is 1.94. The molecule has 1 N–H and O–H groups in total. The third-order valence-electron chi connectivity index (χ3n) is 2.75. The zero-order chi connectivity index (χ0) is 11.0. The summed E-state index contributed by atoms with van der Waals surface area (Å²) in [6, 6.07) is 12.2. The summed E-state index contributed by atoms with van der Waals surface area (Å²) in [7, 11) is 0. The number of hydrogen-bond donors (Lipinski definition) is 1. The number of fused-ring (bicyclic) bond motifs is 1. The van der Waals surface area contributed by atoms with Crippen molar-refractivity contribution < 1.29 is 4.79 Å². The van der Waals surface area contributed by atoms with Crippen molar-refractivity contribution in [3.8, 4) is 10.4 Å². The molecule has 80 valence electrons. The summed E-state index contributed by atoms with van der Waals surface area (Å²) in [6.07, 6.45) is 0.957. The fraction of sp³-hybridized carbons (Fsp3) is 0.154. The average Bonchev–Trinajstić information content (AvgIpc) is 2.76. The molecule has 3 heteroatoms. The molecule has 0 unspecified atom stereocenters. The molecule has 0 spiro atoms. The van der Waals surface area contributed by atoms with Crippen LogP contribution in [-0.2, 0) is 6.42 Å². The lowest BCUT2D eigenvalue weighted by Crippen LogP contribution is -2.30. The molecule has 0 bridgehead atoms. The molecule has 0 fully saturated rings. The molecule has 0 saturated heterocycles. The Balaban J connectivity index is 2.08. The number of hydrogen-bond acceptors (Lipinski definition) is 2. The van der Waals surface area contributed by atoms with E-state index in [0.29, 0.717) is 0 Å². The molecular weight excluding hydrogens is 218 g/mol. The highest BCUT2D eigenvalue weighted by Crippen LogP contribution is 2.32. The maximum atomic E-state index is 11.6. The highest BCUT2D eigenvalue weighted by Gasteiger charge is 2.20. The van der Waals surface area contributed by atoms with Crippen LogP contribution in [0.5, 0.6) is 0 Å². The van der Waals surface area contributed by atoms with Gasteiger partial charge in [0, 0.05) is 16.3 Å². The second-order valence-electron chi connectivity index (χ2n) is 3.82. The van der Waals surface area contributed by atoms with E-state index in [-0.39, 0.29) is 5.91 Å². The van der Waals surface area contributed by atoms with Gasteiger partial charge >= 0.3 is 0 Å². The zero-order valence-corrected chi connectivity index (χ0v) is 9.51. The van der Waals surface area contributed by atoms with Crippen molar-refractivity contribution in [3.05, 3.63) is 46.8 Å². The normalized spacial score (nSPS) is 14.4. The standard InChI is InChI=1S/C13H11NOS/c15-13-10-8-12(9-4-2-1-3-5-9)16-11(10)6-7-14-13/h1-5,8H,6-7H2,(H,14,15). The van der Waals surface area contributed by atoms with Crippen LogP contribution in [-0.4, -0.2) is 12.5 Å².